The van der Waals surface area contributed by atoms with Gasteiger partial charge in [-0.2, -0.15) is 0 Å². The number of sulfone groups is 1. The summed E-state index contributed by atoms with van der Waals surface area (Å²) in [4.78, 5) is 0.933. The maximum Gasteiger partial charge on any atom is 0.176 e. The van der Waals surface area contributed by atoms with Crippen molar-refractivity contribution in [1.29, 1.82) is 0 Å². The molecule has 0 bridgehead atoms. The molecule has 6 heteroatoms. The van der Waals surface area contributed by atoms with Gasteiger partial charge in [-0.05, 0) is 43.7 Å². The molecule has 1 atom stereocenters. The Morgan fingerprint density at radius 3 is 2.37 bits per heavy atom. The van der Waals surface area contributed by atoms with Crippen LogP contribution in [-0.2, 0) is 15.3 Å². The van der Waals surface area contributed by atoms with E-state index in [1.165, 1.54) is 18.0 Å². The van der Waals surface area contributed by atoms with Gasteiger partial charge in [0.25, 0.3) is 0 Å². The second-order valence-electron chi connectivity index (χ2n) is 5.21. The van der Waals surface area contributed by atoms with Crippen molar-refractivity contribution in [3.05, 3.63) is 22.7 Å². The first kappa shape index (κ1) is 15.2. The lowest BCUT2D eigenvalue weighted by molar-refractivity contribution is 0.554. The molecule has 1 aliphatic rings. The summed E-state index contributed by atoms with van der Waals surface area (Å²) >= 11 is 7.61. The quantitative estimate of drug-likeness (QED) is 0.867. The molecular weight excluding hydrogens is 302 g/mol. The molecule has 1 unspecified atom stereocenters. The Bertz CT molecular complexity index is 607. The van der Waals surface area contributed by atoms with Gasteiger partial charge in [-0.1, -0.05) is 11.6 Å². The van der Waals surface area contributed by atoms with E-state index in [4.69, 9.17) is 17.3 Å². The van der Waals surface area contributed by atoms with Gasteiger partial charge in [0.1, 0.15) is 0 Å². The zero-order valence-electron chi connectivity index (χ0n) is 11.2. The molecule has 0 spiro atoms. The molecule has 0 heterocycles. The molecule has 0 aliphatic heterocycles. The van der Waals surface area contributed by atoms with Crippen LogP contribution < -0.4 is 5.73 Å². The first-order valence-electron chi connectivity index (χ1n) is 6.06. The Morgan fingerprint density at radius 1 is 1.42 bits per heavy atom. The Balaban J connectivity index is 2.65. The summed E-state index contributed by atoms with van der Waals surface area (Å²) in [5.74, 6) is 0. The lowest BCUT2D eigenvalue weighted by Crippen LogP contribution is -2.31. The van der Waals surface area contributed by atoms with Gasteiger partial charge < -0.3 is 5.73 Å². The summed E-state index contributed by atoms with van der Waals surface area (Å²) in [5.41, 5.74) is 6.90. The highest BCUT2D eigenvalue weighted by Gasteiger charge is 2.48. The summed E-state index contributed by atoms with van der Waals surface area (Å²) < 4.78 is 23.9. The minimum atomic E-state index is -3.29. The van der Waals surface area contributed by atoms with Crippen LogP contribution >= 0.6 is 23.4 Å². The van der Waals surface area contributed by atoms with Crippen LogP contribution in [-0.4, -0.2) is 27.0 Å². The van der Waals surface area contributed by atoms with Crippen molar-refractivity contribution in [2.24, 2.45) is 5.73 Å². The predicted octanol–water partition coefficient (Wildman–Crippen LogP) is 2.84. The molecule has 3 nitrogen and oxygen atoms in total. The number of rotatable bonds is 4. The molecule has 0 saturated heterocycles. The molecule has 1 aliphatic carbocycles. The molecule has 2 N–H and O–H groups in total. The van der Waals surface area contributed by atoms with E-state index in [9.17, 15) is 8.42 Å². The van der Waals surface area contributed by atoms with Crippen molar-refractivity contribution in [2.45, 2.75) is 41.0 Å². The summed E-state index contributed by atoms with van der Waals surface area (Å²) in [6.07, 6.45) is 5.02. The van der Waals surface area contributed by atoms with E-state index >= 15 is 0 Å². The topological polar surface area (TPSA) is 60.2 Å². The van der Waals surface area contributed by atoms with Crippen molar-refractivity contribution in [2.75, 3.05) is 12.5 Å². The van der Waals surface area contributed by atoms with Crippen molar-refractivity contribution < 1.29 is 8.42 Å². The van der Waals surface area contributed by atoms with Crippen LogP contribution in [0, 0.1) is 0 Å². The maximum atomic E-state index is 11.9. The number of benzene rings is 1. The van der Waals surface area contributed by atoms with E-state index < -0.39 is 9.84 Å². The van der Waals surface area contributed by atoms with Crippen LogP contribution in [0.4, 0.5) is 0 Å². The van der Waals surface area contributed by atoms with E-state index in [1.54, 1.807) is 6.07 Å². The second-order valence-corrected chi connectivity index (χ2v) is 8.41. The summed E-state index contributed by atoms with van der Waals surface area (Å²) in [7, 11) is -3.29. The van der Waals surface area contributed by atoms with E-state index in [0.29, 0.717) is 14.8 Å². The summed E-state index contributed by atoms with van der Waals surface area (Å²) in [5, 5.41) is 0.498. The molecule has 0 amide bonds. The van der Waals surface area contributed by atoms with Crippen LogP contribution in [0.25, 0.3) is 0 Å². The maximum absolute atomic E-state index is 11.9. The summed E-state index contributed by atoms with van der Waals surface area (Å²) in [6, 6.07) is 3.62. The molecule has 106 valence electrons. The minimum Gasteiger partial charge on any atom is -0.327 e. The first-order valence-corrected chi connectivity index (χ1v) is 9.55. The van der Waals surface area contributed by atoms with Crippen LogP contribution in [0.1, 0.15) is 25.3 Å². The van der Waals surface area contributed by atoms with Gasteiger partial charge in [-0.15, -0.1) is 11.8 Å². The predicted molar refractivity (Wildman–Crippen MR) is 80.9 cm³/mol. The molecule has 1 saturated carbocycles. The van der Waals surface area contributed by atoms with Gasteiger partial charge in [0.15, 0.2) is 9.84 Å². The molecule has 2 rings (SSSR count). The van der Waals surface area contributed by atoms with Crippen molar-refractivity contribution in [1.82, 2.24) is 0 Å². The van der Waals surface area contributed by atoms with Gasteiger partial charge in [-0.25, -0.2) is 8.42 Å². The normalized spacial score (nSPS) is 19.2. The average molecular weight is 320 g/mol. The molecule has 19 heavy (non-hydrogen) atoms. The average Bonchev–Trinajstić information content (AvgIpc) is 3.07. The highest BCUT2D eigenvalue weighted by molar-refractivity contribution is 7.99. The molecular formula is C13H18ClNO2S2. The van der Waals surface area contributed by atoms with Crippen LogP contribution in [0.5, 0.6) is 0 Å². The highest BCUT2D eigenvalue weighted by atomic mass is 35.5. The third-order valence-corrected chi connectivity index (χ3v) is 6.36. The molecule has 0 radical (unpaired) electrons. The zero-order chi connectivity index (χ0) is 14.4. The van der Waals surface area contributed by atoms with Gasteiger partial charge in [0, 0.05) is 22.6 Å². The fraction of sp³-hybridized carbons (Fsp3) is 0.538. The Kier molecular flexibility index (Phi) is 3.95. The Morgan fingerprint density at radius 2 is 2.00 bits per heavy atom. The SMILES string of the molecule is CSc1c(Cl)cc(C2(C(C)N)CC2)cc1S(C)(=O)=O. The molecule has 1 aromatic carbocycles. The number of halogens is 1. The third kappa shape index (κ3) is 2.66. The van der Waals surface area contributed by atoms with Gasteiger partial charge in [0.05, 0.1) is 9.92 Å². The van der Waals surface area contributed by atoms with E-state index in [1.807, 2.05) is 19.2 Å². The smallest absolute Gasteiger partial charge is 0.176 e. The fourth-order valence-corrected chi connectivity index (χ4v) is 4.98. The van der Waals surface area contributed by atoms with Crippen molar-refractivity contribution in [3.63, 3.8) is 0 Å². The summed E-state index contributed by atoms with van der Waals surface area (Å²) in [6.45, 7) is 1.96. The lowest BCUT2D eigenvalue weighted by Gasteiger charge is -2.22. The largest absolute Gasteiger partial charge is 0.327 e. The fourth-order valence-electron chi connectivity index (χ4n) is 2.47. The van der Waals surface area contributed by atoms with E-state index in [-0.39, 0.29) is 11.5 Å². The molecule has 0 aromatic heterocycles. The number of nitrogens with two attached hydrogens (primary N) is 1. The van der Waals surface area contributed by atoms with Crippen molar-refractivity contribution >= 4 is 33.2 Å². The first-order chi connectivity index (χ1) is 8.72. The Labute approximate surface area is 123 Å². The van der Waals surface area contributed by atoms with Crippen LogP contribution in [0.3, 0.4) is 0 Å². The third-order valence-electron chi connectivity index (χ3n) is 3.85. The van der Waals surface area contributed by atoms with Crippen molar-refractivity contribution in [3.8, 4) is 0 Å². The number of hydrogen-bond acceptors (Lipinski definition) is 4. The van der Waals surface area contributed by atoms with E-state index in [2.05, 4.69) is 0 Å². The zero-order valence-corrected chi connectivity index (χ0v) is 13.6. The number of hydrogen-bond donors (Lipinski definition) is 1. The highest BCUT2D eigenvalue weighted by Crippen LogP contribution is 2.52. The monoisotopic (exact) mass is 319 g/mol. The Hall–Kier alpha value is -0.230. The van der Waals surface area contributed by atoms with Crippen LogP contribution in [0.2, 0.25) is 5.02 Å². The van der Waals surface area contributed by atoms with Gasteiger partial charge >= 0.3 is 0 Å². The molecule has 1 fully saturated rings. The standard InChI is InChI=1S/C13H18ClNO2S2/c1-8(15)13(4-5-13)9-6-10(14)12(18-2)11(7-9)19(3,16)17/h6-8H,4-5,15H2,1-3H3. The lowest BCUT2D eigenvalue weighted by atomic mass is 9.89. The molecule has 1 aromatic rings. The van der Waals surface area contributed by atoms with Crippen LogP contribution in [0.15, 0.2) is 21.9 Å². The number of thioether (sulfide) groups is 1. The van der Waals surface area contributed by atoms with E-state index in [0.717, 1.165) is 18.4 Å². The van der Waals surface area contributed by atoms with Gasteiger partial charge in [0.2, 0.25) is 0 Å². The second kappa shape index (κ2) is 4.95. The van der Waals surface area contributed by atoms with Gasteiger partial charge in [-0.3, -0.25) is 0 Å². The minimum absolute atomic E-state index is 0.00361.